The molecule has 0 saturated carbocycles. The summed E-state index contributed by atoms with van der Waals surface area (Å²) >= 11 is 0. The first-order valence-corrected chi connectivity index (χ1v) is 7.02. The van der Waals surface area contributed by atoms with Crippen molar-refractivity contribution in [2.45, 2.75) is 26.8 Å². The molecule has 0 atom stereocenters. The molecule has 0 fully saturated rings. The van der Waals surface area contributed by atoms with E-state index < -0.39 is 0 Å². The molecule has 0 aromatic heterocycles. The molecule has 118 valence electrons. The molecule has 1 aromatic rings. The van der Waals surface area contributed by atoms with E-state index in [2.05, 4.69) is 27.9 Å². The van der Waals surface area contributed by atoms with Gasteiger partial charge >= 0.3 is 0 Å². The van der Waals surface area contributed by atoms with E-state index in [9.17, 15) is 4.79 Å². The fraction of sp³-hybridized carbons (Fsp3) is 0.467. The summed E-state index contributed by atoms with van der Waals surface area (Å²) in [5.41, 5.74) is 1.79. The smallest absolute Gasteiger partial charge is 0.251 e. The topological polar surface area (TPSA) is 65.5 Å². The van der Waals surface area contributed by atoms with Crippen LogP contribution in [0, 0.1) is 0 Å². The zero-order valence-corrected chi connectivity index (χ0v) is 15.2. The lowest BCUT2D eigenvalue weighted by molar-refractivity contribution is 0.0956. The first kappa shape index (κ1) is 19.7. The average molecular weight is 404 g/mol. The first-order chi connectivity index (χ1) is 9.71. The predicted molar refractivity (Wildman–Crippen MR) is 98.4 cm³/mol. The van der Waals surface area contributed by atoms with Crippen LogP contribution < -0.4 is 16.0 Å². The summed E-state index contributed by atoms with van der Waals surface area (Å²) < 4.78 is 0. The van der Waals surface area contributed by atoms with Gasteiger partial charge in [-0.25, -0.2) is 0 Å². The molecule has 3 N–H and O–H groups in total. The van der Waals surface area contributed by atoms with Crippen LogP contribution in [0.1, 0.15) is 36.2 Å². The second kappa shape index (κ2) is 11.4. The van der Waals surface area contributed by atoms with Crippen LogP contribution in [0.25, 0.3) is 0 Å². The number of carbonyl (C=O) groups excluding carboxylic acids is 1. The molecule has 0 spiro atoms. The highest BCUT2D eigenvalue weighted by molar-refractivity contribution is 14.0. The lowest BCUT2D eigenvalue weighted by Gasteiger charge is -2.11. The van der Waals surface area contributed by atoms with Gasteiger partial charge in [0.2, 0.25) is 0 Å². The van der Waals surface area contributed by atoms with Gasteiger partial charge in [0, 0.05) is 32.2 Å². The number of amides is 1. The van der Waals surface area contributed by atoms with E-state index in [0.717, 1.165) is 24.5 Å². The van der Waals surface area contributed by atoms with E-state index in [1.165, 1.54) is 0 Å². The molecule has 0 unspecified atom stereocenters. The number of hydrogen-bond acceptors (Lipinski definition) is 2. The number of guanidine groups is 1. The van der Waals surface area contributed by atoms with Crippen LogP contribution >= 0.6 is 24.0 Å². The van der Waals surface area contributed by atoms with Gasteiger partial charge in [-0.2, -0.15) is 0 Å². The van der Waals surface area contributed by atoms with Gasteiger partial charge in [0.1, 0.15) is 0 Å². The molecule has 0 saturated heterocycles. The van der Waals surface area contributed by atoms with Gasteiger partial charge in [-0.3, -0.25) is 9.79 Å². The Morgan fingerprint density at radius 2 is 1.76 bits per heavy atom. The van der Waals surface area contributed by atoms with Crippen molar-refractivity contribution >= 4 is 35.8 Å². The molecule has 21 heavy (non-hydrogen) atoms. The van der Waals surface area contributed by atoms with Crippen LogP contribution in [0.15, 0.2) is 29.3 Å². The molecule has 0 radical (unpaired) electrons. The third-order valence-electron chi connectivity index (χ3n) is 2.78. The Bertz CT molecular complexity index is 445. The number of rotatable bonds is 6. The van der Waals surface area contributed by atoms with E-state index >= 15 is 0 Å². The van der Waals surface area contributed by atoms with Crippen LogP contribution in [-0.4, -0.2) is 32.0 Å². The van der Waals surface area contributed by atoms with Gasteiger partial charge in [0.25, 0.3) is 5.91 Å². The zero-order valence-electron chi connectivity index (χ0n) is 12.9. The number of nitrogens with one attached hydrogen (secondary N) is 3. The number of benzene rings is 1. The Labute approximate surface area is 144 Å². The molecule has 0 bridgehead atoms. The highest BCUT2D eigenvalue weighted by Crippen LogP contribution is 2.04. The van der Waals surface area contributed by atoms with Crippen molar-refractivity contribution in [2.75, 3.05) is 20.1 Å². The maximum Gasteiger partial charge on any atom is 0.251 e. The number of hydrogen-bond donors (Lipinski definition) is 3. The van der Waals surface area contributed by atoms with Crippen LogP contribution in [0.4, 0.5) is 0 Å². The Morgan fingerprint density at radius 3 is 2.29 bits per heavy atom. The fourth-order valence-electron chi connectivity index (χ4n) is 1.69. The van der Waals surface area contributed by atoms with Crippen molar-refractivity contribution < 1.29 is 4.79 Å². The standard InChI is InChI=1S/C15H24N4O.HI/c1-4-10-18-15(16-3)19-11-12-6-8-13(9-7-12)14(20)17-5-2;/h6-9H,4-5,10-11H2,1-3H3,(H,17,20)(H2,16,18,19);1H. The lowest BCUT2D eigenvalue weighted by atomic mass is 10.1. The fourth-order valence-corrected chi connectivity index (χ4v) is 1.69. The molecule has 1 amide bonds. The molecule has 0 aliphatic rings. The summed E-state index contributed by atoms with van der Waals surface area (Å²) in [6.45, 7) is 6.24. The second-order valence-electron chi connectivity index (χ2n) is 4.41. The lowest BCUT2D eigenvalue weighted by Crippen LogP contribution is -2.37. The minimum atomic E-state index is -0.0348. The van der Waals surface area contributed by atoms with Gasteiger partial charge in [0.05, 0.1) is 0 Å². The Morgan fingerprint density at radius 1 is 1.10 bits per heavy atom. The van der Waals surface area contributed by atoms with Crippen molar-refractivity contribution in [3.05, 3.63) is 35.4 Å². The maximum absolute atomic E-state index is 11.6. The first-order valence-electron chi connectivity index (χ1n) is 7.02. The SMILES string of the molecule is CCCNC(=NC)NCc1ccc(C(=O)NCC)cc1.I. The Kier molecular flexibility index (Phi) is 10.7. The van der Waals surface area contributed by atoms with E-state index in [0.29, 0.717) is 18.7 Å². The van der Waals surface area contributed by atoms with Crippen molar-refractivity contribution in [3.63, 3.8) is 0 Å². The highest BCUT2D eigenvalue weighted by atomic mass is 127. The summed E-state index contributed by atoms with van der Waals surface area (Å²) in [7, 11) is 1.75. The summed E-state index contributed by atoms with van der Waals surface area (Å²) in [4.78, 5) is 15.8. The van der Waals surface area contributed by atoms with Gasteiger partial charge in [0.15, 0.2) is 5.96 Å². The largest absolute Gasteiger partial charge is 0.356 e. The van der Waals surface area contributed by atoms with Crippen molar-refractivity contribution in [1.82, 2.24) is 16.0 Å². The van der Waals surface area contributed by atoms with Crippen molar-refractivity contribution in [2.24, 2.45) is 4.99 Å². The van der Waals surface area contributed by atoms with E-state index in [4.69, 9.17) is 0 Å². The zero-order chi connectivity index (χ0) is 14.8. The highest BCUT2D eigenvalue weighted by Gasteiger charge is 2.03. The molecule has 0 aliphatic carbocycles. The molecular weight excluding hydrogens is 379 g/mol. The monoisotopic (exact) mass is 404 g/mol. The van der Waals surface area contributed by atoms with Crippen molar-refractivity contribution in [1.29, 1.82) is 0 Å². The number of nitrogens with zero attached hydrogens (tertiary/aromatic N) is 1. The van der Waals surface area contributed by atoms with Gasteiger partial charge < -0.3 is 16.0 Å². The minimum Gasteiger partial charge on any atom is -0.356 e. The predicted octanol–water partition coefficient (Wildman–Crippen LogP) is 2.13. The van der Waals surface area contributed by atoms with Crippen LogP contribution in [0.2, 0.25) is 0 Å². The van der Waals surface area contributed by atoms with E-state index in [-0.39, 0.29) is 29.9 Å². The maximum atomic E-state index is 11.6. The normalized spacial score (nSPS) is 10.5. The van der Waals surface area contributed by atoms with Crippen LogP contribution in [0.3, 0.4) is 0 Å². The van der Waals surface area contributed by atoms with Crippen LogP contribution in [0.5, 0.6) is 0 Å². The minimum absolute atomic E-state index is 0. The van der Waals surface area contributed by atoms with Crippen molar-refractivity contribution in [3.8, 4) is 0 Å². The van der Waals surface area contributed by atoms with Gasteiger partial charge in [-0.05, 0) is 31.0 Å². The average Bonchev–Trinajstić information content (AvgIpc) is 2.48. The van der Waals surface area contributed by atoms with Gasteiger partial charge in [-0.15, -0.1) is 24.0 Å². The van der Waals surface area contributed by atoms with E-state index in [1.54, 1.807) is 7.05 Å². The van der Waals surface area contributed by atoms with Crippen LogP contribution in [-0.2, 0) is 6.54 Å². The molecule has 1 rings (SSSR count). The number of carbonyl (C=O) groups is 1. The molecular formula is C15H25IN4O. The molecule has 0 heterocycles. The summed E-state index contributed by atoms with van der Waals surface area (Å²) in [5, 5.41) is 9.22. The summed E-state index contributed by atoms with van der Waals surface area (Å²) in [5.74, 6) is 0.757. The van der Waals surface area contributed by atoms with E-state index in [1.807, 2.05) is 31.2 Å². The Balaban J connectivity index is 0.00000400. The quantitative estimate of drug-likeness (QED) is 0.387. The van der Waals surface area contributed by atoms with Gasteiger partial charge in [-0.1, -0.05) is 19.1 Å². The molecule has 6 heteroatoms. The molecule has 1 aromatic carbocycles. The third-order valence-corrected chi connectivity index (χ3v) is 2.78. The number of aliphatic imine (C=N–C) groups is 1. The summed E-state index contributed by atoms with van der Waals surface area (Å²) in [6.07, 6.45) is 1.06. The third kappa shape index (κ3) is 7.31. The summed E-state index contributed by atoms with van der Waals surface area (Å²) in [6, 6.07) is 7.57. The number of halogens is 1. The second-order valence-corrected chi connectivity index (χ2v) is 4.41. The molecule has 0 aliphatic heterocycles. The Hall–Kier alpha value is -1.31. The molecule has 5 nitrogen and oxygen atoms in total.